The molecule has 0 aromatic heterocycles. The number of hydrogen-bond donors (Lipinski definition) is 1. The molecule has 5 heteroatoms. The smallest absolute Gasteiger partial charge is 0.260 e. The summed E-state index contributed by atoms with van der Waals surface area (Å²) in [6.07, 6.45) is 1.64. The number of nitrogens with one attached hydrogen (secondary N) is 1. The second-order valence-electron chi connectivity index (χ2n) is 4.56. The Kier molecular flexibility index (Phi) is 2.74. The zero-order chi connectivity index (χ0) is 12.5. The van der Waals surface area contributed by atoms with Crippen molar-refractivity contribution in [3.8, 4) is 17.2 Å². The summed E-state index contributed by atoms with van der Waals surface area (Å²) in [5.74, 6) is 1.90. The van der Waals surface area contributed by atoms with Crippen LogP contribution in [-0.2, 0) is 4.79 Å². The molecule has 0 radical (unpaired) electrons. The van der Waals surface area contributed by atoms with Gasteiger partial charge in [0, 0.05) is 12.1 Å². The third-order valence-corrected chi connectivity index (χ3v) is 2.95. The average molecular weight is 249 g/mol. The van der Waals surface area contributed by atoms with Gasteiger partial charge in [-0.2, -0.15) is 0 Å². The molecule has 1 fully saturated rings. The Morgan fingerprint density at radius 1 is 1.39 bits per heavy atom. The van der Waals surface area contributed by atoms with Crippen LogP contribution in [-0.4, -0.2) is 24.8 Å². The molecule has 96 valence electrons. The summed E-state index contributed by atoms with van der Waals surface area (Å²) < 4.78 is 16.0. The number of ether oxygens (including phenoxy) is 3. The van der Waals surface area contributed by atoms with Crippen LogP contribution in [0.3, 0.4) is 0 Å². The van der Waals surface area contributed by atoms with Crippen LogP contribution < -0.4 is 19.5 Å². The summed E-state index contributed by atoms with van der Waals surface area (Å²) in [5.41, 5.74) is 0. The fourth-order valence-electron chi connectivity index (χ4n) is 1.75. The van der Waals surface area contributed by atoms with Crippen LogP contribution in [0, 0.1) is 0 Å². The Hall–Kier alpha value is -1.91. The van der Waals surface area contributed by atoms with Gasteiger partial charge in [-0.15, -0.1) is 0 Å². The largest absolute Gasteiger partial charge is 0.481 e. The van der Waals surface area contributed by atoms with Gasteiger partial charge in [-0.25, -0.2) is 0 Å². The zero-order valence-corrected chi connectivity index (χ0v) is 10.1. The Morgan fingerprint density at radius 3 is 2.94 bits per heavy atom. The molecule has 1 aliphatic carbocycles. The molecule has 0 unspecified atom stereocenters. The van der Waals surface area contributed by atoms with Crippen LogP contribution in [0.1, 0.15) is 19.8 Å². The van der Waals surface area contributed by atoms with Gasteiger partial charge in [-0.3, -0.25) is 4.79 Å². The molecule has 1 atom stereocenters. The van der Waals surface area contributed by atoms with Gasteiger partial charge in [0.15, 0.2) is 17.6 Å². The highest BCUT2D eigenvalue weighted by Gasteiger charge is 2.26. The molecule has 1 aromatic rings. The minimum Gasteiger partial charge on any atom is -0.481 e. The van der Waals surface area contributed by atoms with E-state index in [2.05, 4.69) is 5.32 Å². The highest BCUT2D eigenvalue weighted by Crippen LogP contribution is 2.35. The molecule has 0 bridgehead atoms. The van der Waals surface area contributed by atoms with E-state index in [0.29, 0.717) is 23.3 Å². The molecule has 1 aliphatic heterocycles. The van der Waals surface area contributed by atoms with E-state index in [1.807, 2.05) is 0 Å². The molecule has 1 amide bonds. The van der Waals surface area contributed by atoms with Crippen molar-refractivity contribution in [3.05, 3.63) is 18.2 Å². The highest BCUT2D eigenvalue weighted by molar-refractivity contribution is 5.81. The molecular weight excluding hydrogens is 234 g/mol. The second-order valence-corrected chi connectivity index (χ2v) is 4.56. The van der Waals surface area contributed by atoms with Crippen LogP contribution in [0.15, 0.2) is 18.2 Å². The fraction of sp³-hybridized carbons (Fsp3) is 0.462. The Labute approximate surface area is 105 Å². The van der Waals surface area contributed by atoms with E-state index >= 15 is 0 Å². The van der Waals surface area contributed by atoms with Gasteiger partial charge in [0.2, 0.25) is 6.79 Å². The third kappa shape index (κ3) is 2.34. The highest BCUT2D eigenvalue weighted by atomic mass is 16.7. The van der Waals surface area contributed by atoms with Gasteiger partial charge in [0.05, 0.1) is 0 Å². The van der Waals surface area contributed by atoms with E-state index in [1.54, 1.807) is 25.1 Å². The Balaban J connectivity index is 1.62. The maximum absolute atomic E-state index is 11.7. The maximum atomic E-state index is 11.7. The molecule has 1 saturated carbocycles. The lowest BCUT2D eigenvalue weighted by molar-refractivity contribution is -0.127. The number of amides is 1. The van der Waals surface area contributed by atoms with Crippen molar-refractivity contribution < 1.29 is 19.0 Å². The molecule has 1 aromatic carbocycles. The lowest BCUT2D eigenvalue weighted by Gasteiger charge is -2.14. The van der Waals surface area contributed by atoms with Crippen molar-refractivity contribution in [2.24, 2.45) is 0 Å². The van der Waals surface area contributed by atoms with Gasteiger partial charge in [0.1, 0.15) is 5.75 Å². The van der Waals surface area contributed by atoms with Gasteiger partial charge in [-0.05, 0) is 31.9 Å². The SMILES string of the molecule is C[C@H](Oc1ccc2c(c1)OCO2)C(=O)NC1CC1. The number of carbonyl (C=O) groups excluding carboxylic acids is 1. The van der Waals surface area contributed by atoms with Crippen LogP contribution in [0.5, 0.6) is 17.2 Å². The summed E-state index contributed by atoms with van der Waals surface area (Å²) in [4.78, 5) is 11.7. The van der Waals surface area contributed by atoms with Gasteiger partial charge < -0.3 is 19.5 Å². The topological polar surface area (TPSA) is 56.8 Å². The van der Waals surface area contributed by atoms with Crippen molar-refractivity contribution in [2.45, 2.75) is 31.9 Å². The Morgan fingerprint density at radius 2 is 2.17 bits per heavy atom. The van der Waals surface area contributed by atoms with E-state index in [0.717, 1.165) is 12.8 Å². The predicted octanol–water partition coefficient (Wildman–Crippen LogP) is 1.46. The second kappa shape index (κ2) is 4.40. The standard InChI is InChI=1S/C13H15NO4/c1-8(13(15)14-9-2-3-9)18-10-4-5-11-12(6-10)17-7-16-11/h4-6,8-9H,2-3,7H2,1H3,(H,14,15)/t8-/m0/s1. The van der Waals surface area contributed by atoms with Crippen molar-refractivity contribution >= 4 is 5.91 Å². The van der Waals surface area contributed by atoms with Crippen LogP contribution >= 0.6 is 0 Å². The van der Waals surface area contributed by atoms with Crippen molar-refractivity contribution in [3.63, 3.8) is 0 Å². The molecule has 1 heterocycles. The van der Waals surface area contributed by atoms with Crippen molar-refractivity contribution in [1.82, 2.24) is 5.32 Å². The average Bonchev–Trinajstić information content (AvgIpc) is 3.05. The molecular formula is C13H15NO4. The minimum atomic E-state index is -0.508. The number of rotatable bonds is 4. The molecule has 2 aliphatic rings. The lowest BCUT2D eigenvalue weighted by atomic mass is 10.3. The quantitative estimate of drug-likeness (QED) is 0.877. The monoisotopic (exact) mass is 249 g/mol. The predicted molar refractivity (Wildman–Crippen MR) is 63.8 cm³/mol. The first kappa shape index (κ1) is 11.2. The zero-order valence-electron chi connectivity index (χ0n) is 10.1. The molecule has 5 nitrogen and oxygen atoms in total. The third-order valence-electron chi connectivity index (χ3n) is 2.95. The van der Waals surface area contributed by atoms with Gasteiger partial charge in [0.25, 0.3) is 5.91 Å². The van der Waals surface area contributed by atoms with Crippen LogP contribution in [0.2, 0.25) is 0 Å². The molecule has 18 heavy (non-hydrogen) atoms. The van der Waals surface area contributed by atoms with E-state index in [9.17, 15) is 4.79 Å². The Bertz CT molecular complexity index is 470. The summed E-state index contributed by atoms with van der Waals surface area (Å²) in [6.45, 7) is 1.97. The van der Waals surface area contributed by atoms with Crippen molar-refractivity contribution in [2.75, 3.05) is 6.79 Å². The van der Waals surface area contributed by atoms with E-state index < -0.39 is 6.10 Å². The first-order chi connectivity index (χ1) is 8.72. The summed E-state index contributed by atoms with van der Waals surface area (Å²) in [6, 6.07) is 5.64. The van der Waals surface area contributed by atoms with E-state index in [4.69, 9.17) is 14.2 Å². The molecule has 1 N–H and O–H groups in total. The lowest BCUT2D eigenvalue weighted by Crippen LogP contribution is -2.37. The van der Waals surface area contributed by atoms with E-state index in [-0.39, 0.29) is 12.7 Å². The normalized spacial score (nSPS) is 18.3. The summed E-state index contributed by atoms with van der Waals surface area (Å²) >= 11 is 0. The maximum Gasteiger partial charge on any atom is 0.260 e. The minimum absolute atomic E-state index is 0.0739. The number of hydrogen-bond acceptors (Lipinski definition) is 4. The molecule has 0 spiro atoms. The number of fused-ring (bicyclic) bond motifs is 1. The van der Waals surface area contributed by atoms with E-state index in [1.165, 1.54) is 0 Å². The fourth-order valence-corrected chi connectivity index (χ4v) is 1.75. The summed E-state index contributed by atoms with van der Waals surface area (Å²) in [5, 5.41) is 2.91. The number of benzene rings is 1. The van der Waals surface area contributed by atoms with Crippen LogP contribution in [0.4, 0.5) is 0 Å². The summed E-state index contributed by atoms with van der Waals surface area (Å²) in [7, 11) is 0. The number of carbonyl (C=O) groups is 1. The van der Waals surface area contributed by atoms with Gasteiger partial charge in [-0.1, -0.05) is 0 Å². The molecule has 0 saturated heterocycles. The van der Waals surface area contributed by atoms with Crippen LogP contribution in [0.25, 0.3) is 0 Å². The molecule has 3 rings (SSSR count). The first-order valence-electron chi connectivity index (χ1n) is 6.09. The first-order valence-corrected chi connectivity index (χ1v) is 6.09. The van der Waals surface area contributed by atoms with Crippen molar-refractivity contribution in [1.29, 1.82) is 0 Å². The van der Waals surface area contributed by atoms with Gasteiger partial charge >= 0.3 is 0 Å².